The number of benzene rings is 1. The SMILES string of the molecule is O=C(OCCOc1ccccc1F)C1CCN(S(=O)(=O)c2cccs2)CC1. The van der Waals surface area contributed by atoms with Crippen LogP contribution in [0, 0.1) is 11.7 Å². The van der Waals surface area contributed by atoms with Crippen molar-refractivity contribution in [3.63, 3.8) is 0 Å². The van der Waals surface area contributed by atoms with Crippen LogP contribution in [0.2, 0.25) is 0 Å². The van der Waals surface area contributed by atoms with Crippen LogP contribution in [0.4, 0.5) is 4.39 Å². The Labute approximate surface area is 161 Å². The number of rotatable bonds is 7. The van der Waals surface area contributed by atoms with Crippen LogP contribution >= 0.6 is 11.3 Å². The van der Waals surface area contributed by atoms with Gasteiger partial charge in [-0.15, -0.1) is 11.3 Å². The van der Waals surface area contributed by atoms with Gasteiger partial charge in [-0.25, -0.2) is 12.8 Å². The third-order valence-electron chi connectivity index (χ3n) is 4.30. The van der Waals surface area contributed by atoms with Gasteiger partial charge in [0.25, 0.3) is 10.0 Å². The molecule has 3 rings (SSSR count). The zero-order valence-corrected chi connectivity index (χ0v) is 16.2. The van der Waals surface area contributed by atoms with E-state index < -0.39 is 15.8 Å². The number of para-hydroxylation sites is 1. The van der Waals surface area contributed by atoms with Crippen molar-refractivity contribution in [1.82, 2.24) is 4.31 Å². The van der Waals surface area contributed by atoms with E-state index in [4.69, 9.17) is 9.47 Å². The Balaban J connectivity index is 1.42. The molecule has 1 saturated heterocycles. The standard InChI is InChI=1S/C18H20FNO5S2/c19-15-4-1-2-5-16(15)24-11-12-25-18(21)14-7-9-20(10-8-14)27(22,23)17-6-3-13-26-17/h1-6,13-14H,7-12H2. The maximum Gasteiger partial charge on any atom is 0.309 e. The van der Waals surface area contributed by atoms with Crippen molar-refractivity contribution in [1.29, 1.82) is 0 Å². The fourth-order valence-corrected chi connectivity index (χ4v) is 5.46. The largest absolute Gasteiger partial charge is 0.487 e. The summed E-state index contributed by atoms with van der Waals surface area (Å²) < 4.78 is 50.5. The van der Waals surface area contributed by atoms with E-state index >= 15 is 0 Å². The van der Waals surface area contributed by atoms with Gasteiger partial charge in [-0.05, 0) is 36.4 Å². The van der Waals surface area contributed by atoms with Crippen LogP contribution < -0.4 is 4.74 Å². The number of thiophene rings is 1. The second-order valence-electron chi connectivity index (χ2n) is 6.06. The summed E-state index contributed by atoms with van der Waals surface area (Å²) in [5.41, 5.74) is 0. The molecule has 1 aliphatic heterocycles. The van der Waals surface area contributed by atoms with Crippen molar-refractivity contribution in [3.8, 4) is 5.75 Å². The molecule has 0 amide bonds. The Bertz CT molecular complexity index is 862. The molecule has 27 heavy (non-hydrogen) atoms. The summed E-state index contributed by atoms with van der Waals surface area (Å²) in [6.07, 6.45) is 0.829. The van der Waals surface area contributed by atoms with Crippen molar-refractivity contribution in [2.45, 2.75) is 17.1 Å². The van der Waals surface area contributed by atoms with Crippen LogP contribution in [0.25, 0.3) is 0 Å². The van der Waals surface area contributed by atoms with Crippen LogP contribution in [0.1, 0.15) is 12.8 Å². The van der Waals surface area contributed by atoms with Crippen LogP contribution in [0.15, 0.2) is 46.0 Å². The topological polar surface area (TPSA) is 72.9 Å². The highest BCUT2D eigenvalue weighted by Crippen LogP contribution is 2.26. The molecular formula is C18H20FNO5S2. The van der Waals surface area contributed by atoms with Crippen molar-refractivity contribution in [3.05, 3.63) is 47.6 Å². The predicted octanol–water partition coefficient (Wildman–Crippen LogP) is 2.91. The van der Waals surface area contributed by atoms with Crippen molar-refractivity contribution < 1.29 is 27.1 Å². The van der Waals surface area contributed by atoms with Gasteiger partial charge >= 0.3 is 5.97 Å². The molecule has 2 aromatic rings. The molecule has 0 atom stereocenters. The number of nitrogens with zero attached hydrogens (tertiary/aromatic N) is 1. The summed E-state index contributed by atoms with van der Waals surface area (Å²) in [4.78, 5) is 12.1. The third kappa shape index (κ3) is 4.85. The van der Waals surface area contributed by atoms with Gasteiger partial charge in [0.1, 0.15) is 17.4 Å². The molecule has 0 aliphatic carbocycles. The molecule has 1 fully saturated rings. The molecule has 0 saturated carbocycles. The maximum atomic E-state index is 13.4. The molecule has 146 valence electrons. The lowest BCUT2D eigenvalue weighted by Crippen LogP contribution is -2.40. The lowest BCUT2D eigenvalue weighted by molar-refractivity contribution is -0.150. The second-order valence-corrected chi connectivity index (χ2v) is 9.17. The minimum atomic E-state index is -3.48. The number of hydrogen-bond acceptors (Lipinski definition) is 6. The Hall–Kier alpha value is -1.97. The highest BCUT2D eigenvalue weighted by Gasteiger charge is 2.33. The molecule has 0 spiro atoms. The molecule has 1 aliphatic rings. The zero-order valence-electron chi connectivity index (χ0n) is 14.5. The molecule has 0 bridgehead atoms. The van der Waals surface area contributed by atoms with Gasteiger partial charge < -0.3 is 9.47 Å². The predicted molar refractivity (Wildman–Crippen MR) is 98.7 cm³/mol. The first-order valence-corrected chi connectivity index (χ1v) is 10.9. The molecular weight excluding hydrogens is 393 g/mol. The normalized spacial score (nSPS) is 16.2. The summed E-state index contributed by atoms with van der Waals surface area (Å²) in [7, 11) is -3.48. The van der Waals surface area contributed by atoms with Gasteiger partial charge in [0, 0.05) is 13.1 Å². The van der Waals surface area contributed by atoms with Crippen LogP contribution in [0.3, 0.4) is 0 Å². The van der Waals surface area contributed by atoms with E-state index in [0.29, 0.717) is 17.1 Å². The number of carbonyl (C=O) groups is 1. The van der Waals surface area contributed by atoms with E-state index in [-0.39, 0.29) is 43.9 Å². The van der Waals surface area contributed by atoms with Gasteiger partial charge in [-0.2, -0.15) is 4.31 Å². The van der Waals surface area contributed by atoms with Crippen molar-refractivity contribution in [2.75, 3.05) is 26.3 Å². The Kier molecular flexibility index (Phi) is 6.46. The molecule has 0 N–H and O–H groups in total. The first kappa shape index (κ1) is 19.8. The number of hydrogen-bond donors (Lipinski definition) is 0. The summed E-state index contributed by atoms with van der Waals surface area (Å²) in [5, 5.41) is 1.72. The van der Waals surface area contributed by atoms with E-state index in [1.165, 1.54) is 27.8 Å². The summed E-state index contributed by atoms with van der Waals surface area (Å²) in [6.45, 7) is 0.636. The van der Waals surface area contributed by atoms with Gasteiger partial charge in [0.2, 0.25) is 0 Å². The minimum absolute atomic E-state index is 0.0148. The van der Waals surface area contributed by atoms with Crippen molar-refractivity contribution >= 4 is 27.3 Å². The average Bonchev–Trinajstić information content (AvgIpc) is 3.22. The van der Waals surface area contributed by atoms with E-state index in [1.54, 1.807) is 29.6 Å². The molecule has 1 aromatic carbocycles. The van der Waals surface area contributed by atoms with E-state index in [0.717, 1.165) is 0 Å². The summed E-state index contributed by atoms with van der Waals surface area (Å²) in [5.74, 6) is -1.07. The monoisotopic (exact) mass is 413 g/mol. The summed E-state index contributed by atoms with van der Waals surface area (Å²) >= 11 is 1.18. The van der Waals surface area contributed by atoms with Gasteiger partial charge in [0.05, 0.1) is 5.92 Å². The van der Waals surface area contributed by atoms with E-state index in [9.17, 15) is 17.6 Å². The quantitative estimate of drug-likeness (QED) is 0.516. The van der Waals surface area contributed by atoms with E-state index in [2.05, 4.69) is 0 Å². The third-order valence-corrected chi connectivity index (χ3v) is 7.57. The summed E-state index contributed by atoms with van der Waals surface area (Å²) in [6, 6.07) is 9.29. The number of ether oxygens (including phenoxy) is 2. The number of sulfonamides is 1. The van der Waals surface area contributed by atoms with Crippen LogP contribution in [-0.2, 0) is 19.6 Å². The average molecular weight is 413 g/mol. The molecule has 2 heterocycles. The fraction of sp³-hybridized carbons (Fsp3) is 0.389. The Morgan fingerprint density at radius 3 is 2.56 bits per heavy atom. The highest BCUT2D eigenvalue weighted by molar-refractivity contribution is 7.91. The Morgan fingerprint density at radius 2 is 1.89 bits per heavy atom. The molecule has 0 unspecified atom stereocenters. The second kappa shape index (κ2) is 8.81. The molecule has 6 nitrogen and oxygen atoms in total. The minimum Gasteiger partial charge on any atom is -0.487 e. The smallest absolute Gasteiger partial charge is 0.309 e. The number of esters is 1. The van der Waals surface area contributed by atoms with Gasteiger partial charge in [0.15, 0.2) is 11.6 Å². The first-order chi connectivity index (χ1) is 13.0. The first-order valence-electron chi connectivity index (χ1n) is 8.56. The van der Waals surface area contributed by atoms with Gasteiger partial charge in [-0.1, -0.05) is 18.2 Å². The molecule has 0 radical (unpaired) electrons. The fourth-order valence-electron chi connectivity index (χ4n) is 2.84. The van der Waals surface area contributed by atoms with Crippen LogP contribution in [-0.4, -0.2) is 45.0 Å². The maximum absolute atomic E-state index is 13.4. The number of halogens is 1. The Morgan fingerprint density at radius 1 is 1.15 bits per heavy atom. The van der Waals surface area contributed by atoms with Crippen LogP contribution in [0.5, 0.6) is 5.75 Å². The van der Waals surface area contributed by atoms with Gasteiger partial charge in [-0.3, -0.25) is 4.79 Å². The number of carbonyl (C=O) groups excluding carboxylic acids is 1. The molecule has 1 aromatic heterocycles. The number of piperidine rings is 1. The zero-order chi connectivity index (χ0) is 19.3. The van der Waals surface area contributed by atoms with E-state index in [1.807, 2.05) is 0 Å². The lowest BCUT2D eigenvalue weighted by atomic mass is 9.98. The lowest BCUT2D eigenvalue weighted by Gasteiger charge is -2.29. The highest BCUT2D eigenvalue weighted by atomic mass is 32.2. The molecule has 9 heteroatoms. The van der Waals surface area contributed by atoms with Crippen molar-refractivity contribution in [2.24, 2.45) is 5.92 Å².